The number of nitrogens with zero attached hydrogens (tertiary/aromatic N) is 7. The van der Waals surface area contributed by atoms with Crippen molar-refractivity contribution < 1.29 is 73.7 Å². The van der Waals surface area contributed by atoms with E-state index in [9.17, 15) is 43.7 Å². The molecule has 0 saturated carbocycles. The van der Waals surface area contributed by atoms with Crippen molar-refractivity contribution in [3.05, 3.63) is 310 Å². The average Bonchev–Trinajstić information content (AvgIpc) is 0.824. The number of aromatic nitrogens is 6. The first-order chi connectivity index (χ1) is 55.2. The van der Waals surface area contributed by atoms with Crippen LogP contribution in [-0.2, 0) is 36.9 Å². The number of carbonyl (C=O) groups is 7. The lowest BCUT2D eigenvalue weighted by Gasteiger charge is -2.19. The predicted molar refractivity (Wildman–Crippen MR) is 478 cm³/mol. The van der Waals surface area contributed by atoms with Crippen LogP contribution in [0.15, 0.2) is 212 Å². The van der Waals surface area contributed by atoms with Gasteiger partial charge in [-0.1, -0.05) is 138 Å². The quantitative estimate of drug-likeness (QED) is 0.00683. The topological polar surface area (TPSA) is 435 Å². The van der Waals surface area contributed by atoms with Crippen molar-refractivity contribution in [3.63, 3.8) is 0 Å². The van der Waals surface area contributed by atoms with Crippen molar-refractivity contribution >= 4 is 156 Å². The molecule has 26 nitrogen and oxygen atoms in total. The van der Waals surface area contributed by atoms with Crippen LogP contribution in [0.4, 0.5) is 23.1 Å². The minimum absolute atomic E-state index is 0. The number of nitrogens with one attached hydrogen (secondary N) is 1. The first kappa shape index (κ1) is 101. The van der Waals surface area contributed by atoms with Crippen LogP contribution in [0.3, 0.4) is 0 Å². The fourth-order valence-corrected chi connectivity index (χ4v) is 11.6. The van der Waals surface area contributed by atoms with E-state index in [1.165, 1.54) is 78.2 Å². The number of ether oxygens (including phenoxy) is 1. The molecule has 0 radical (unpaired) electrons. The van der Waals surface area contributed by atoms with Crippen molar-refractivity contribution in [1.82, 2.24) is 29.9 Å². The molecule has 0 atom stereocenters. The maximum atomic E-state index is 12.4. The number of nitro benzene ring substituents is 1. The fraction of sp³-hybridized carbons (Fsp3) is 0.212. The molecule has 0 aliphatic heterocycles. The number of thiol groups is 1. The Morgan fingerprint density at radius 1 is 0.559 bits per heavy atom. The van der Waals surface area contributed by atoms with Gasteiger partial charge in [-0.3, -0.25) is 34.5 Å². The van der Waals surface area contributed by atoms with Crippen LogP contribution in [-0.4, -0.2) is 125 Å². The molecule has 0 saturated heterocycles. The van der Waals surface area contributed by atoms with E-state index in [0.29, 0.717) is 73.3 Å². The van der Waals surface area contributed by atoms with Crippen LogP contribution in [0.25, 0.3) is 22.5 Å². The van der Waals surface area contributed by atoms with Crippen molar-refractivity contribution in [2.24, 2.45) is 0 Å². The SMILES string of the molecule is C.CC(=O)SCc1cccc(C(=O)O)c1.CC(C)(C)OC(=O)CCSCc1cccc(C(=O)O)c1.Cc1ccc(-c2cnc(N)cn2)cc1C.Cc1ccc(-c2cnc(NC(=O)c3cc(Cl)ccc3[N+](=O)[O-])cn2)cc1C.Cc1ccc(B(O)O)cc1C.Nc1cnc(Br)cn1.O=C(O)c1cccc(CBr)c1.O=C(O)c1cccc(CS)c1. The Kier molecular flexibility index (Phi) is 44.3. The van der Waals surface area contributed by atoms with Gasteiger partial charge in [0.1, 0.15) is 27.4 Å². The zero-order chi connectivity index (χ0) is 87.1. The van der Waals surface area contributed by atoms with Crippen molar-refractivity contribution in [3.8, 4) is 22.5 Å². The highest BCUT2D eigenvalue weighted by Crippen LogP contribution is 2.26. The Morgan fingerprint density at radius 2 is 1.00 bits per heavy atom. The number of carbonyl (C=O) groups excluding carboxylic acids is 3. The molecule has 118 heavy (non-hydrogen) atoms. The highest BCUT2D eigenvalue weighted by Gasteiger charge is 2.22. The Hall–Kier alpha value is -11.2. The molecule has 11 rings (SSSR count). The van der Waals surface area contributed by atoms with Crippen LogP contribution in [0.2, 0.25) is 5.02 Å². The second kappa shape index (κ2) is 51.8. The first-order valence-corrected chi connectivity index (χ1v) is 40.2. The van der Waals surface area contributed by atoms with Gasteiger partial charge in [0.15, 0.2) is 10.9 Å². The highest BCUT2D eigenvalue weighted by atomic mass is 79.9. The minimum atomic E-state index is -1.35. The third-order valence-corrected chi connectivity index (χ3v) is 19.2. The molecular formula is C85H92BBr2ClN10O16S3. The van der Waals surface area contributed by atoms with Gasteiger partial charge in [-0.2, -0.15) is 24.4 Å². The summed E-state index contributed by atoms with van der Waals surface area (Å²) in [7, 11) is -1.35. The molecular weight excluding hydrogens is 1720 g/mol. The molecule has 33 heteroatoms. The lowest BCUT2D eigenvalue weighted by molar-refractivity contribution is -0.385. The number of halogens is 3. The fourth-order valence-electron chi connectivity index (χ4n) is 9.21. The van der Waals surface area contributed by atoms with E-state index in [2.05, 4.69) is 106 Å². The van der Waals surface area contributed by atoms with Crippen LogP contribution in [0.1, 0.15) is 149 Å². The summed E-state index contributed by atoms with van der Waals surface area (Å²) in [5.41, 5.74) is 25.8. The van der Waals surface area contributed by atoms with Gasteiger partial charge in [-0.05, 0) is 212 Å². The molecule has 3 aromatic heterocycles. The van der Waals surface area contributed by atoms with Crippen LogP contribution < -0.4 is 22.2 Å². The lowest BCUT2D eigenvalue weighted by Crippen LogP contribution is -2.29. The van der Waals surface area contributed by atoms with E-state index in [1.54, 1.807) is 109 Å². The standard InChI is InChI=1S/C19H15ClN4O3.C15H20O4S.C12H13N3.C10H10O3S.C8H11BO2.C8H7BrO2.C8H8O2S.C4H4BrN3.CH4/c1-11-3-4-13(7-12(11)2)16-9-22-18(10-21-16)23-19(25)15-8-14(20)5-6-17(15)24(26)27;1-15(2,3)19-13(16)7-8-20-10-11-5-4-6-12(9-11)14(17)18;1-8-3-4-10(5-9(8)2)11-6-15-12(13)7-14-11;1-7(11)14-6-8-3-2-4-9(5-8)10(12)13;1-6-3-4-8(9(10)11)5-7(6)2;9-5-6-2-1-3-7(4-6)8(10)11;9-8(10)7-3-1-2-6(4-7)5-11;5-3-1-8-4(6)2-7-3;/h3-10H,1-2H3,(H,22,23,25);4-6,9H,7-8,10H2,1-3H3,(H,17,18);3-7H,1-2H3,(H2,13,15);2-5H,6H2,1H3,(H,12,13);3-5,10-11H,1-2H3;1-4H,5H2,(H,10,11);1-4,11H,5H2,(H,9,10);1-2H,(H2,6,8);1H4. The maximum absolute atomic E-state index is 12.4. The number of nitro groups is 1. The number of carboxylic acid groups (broad SMARTS) is 4. The Morgan fingerprint density at radius 3 is 1.40 bits per heavy atom. The van der Waals surface area contributed by atoms with Crippen LogP contribution in [0.5, 0.6) is 0 Å². The number of anilines is 3. The third kappa shape index (κ3) is 38.2. The molecule has 0 fully saturated rings. The molecule has 0 aliphatic carbocycles. The summed E-state index contributed by atoms with van der Waals surface area (Å²) >= 11 is 19.0. The van der Waals surface area contributed by atoms with Crippen molar-refractivity contribution in [1.29, 1.82) is 0 Å². The first-order valence-electron chi connectivity index (χ1n) is 35.1. The second-order valence-electron chi connectivity index (χ2n) is 26.0. The van der Waals surface area contributed by atoms with E-state index < -0.39 is 47.4 Å². The average molecular weight is 1810 g/mol. The van der Waals surface area contributed by atoms with Gasteiger partial charge >= 0.3 is 37.0 Å². The molecule has 0 spiro atoms. The van der Waals surface area contributed by atoms with E-state index in [-0.39, 0.29) is 51.7 Å². The van der Waals surface area contributed by atoms with Gasteiger partial charge in [0.25, 0.3) is 11.6 Å². The molecule has 3 heterocycles. The normalized spacial score (nSPS) is 10.1. The van der Waals surface area contributed by atoms with Gasteiger partial charge in [0.2, 0.25) is 0 Å². The molecule has 8 aromatic carbocycles. The van der Waals surface area contributed by atoms with Crippen LogP contribution >= 0.6 is 79.6 Å². The molecule has 0 unspecified atom stereocenters. The number of amides is 1. The number of nitrogen functional groups attached to an aromatic ring is 2. The summed E-state index contributed by atoms with van der Waals surface area (Å²) in [6.45, 7) is 19.2. The van der Waals surface area contributed by atoms with Gasteiger partial charge < -0.3 is 52.0 Å². The number of nitrogens with two attached hydrogens (primary N) is 2. The summed E-state index contributed by atoms with van der Waals surface area (Å²) in [5.74, 6) is -1.03. The van der Waals surface area contributed by atoms with Crippen LogP contribution in [0, 0.1) is 51.7 Å². The van der Waals surface area contributed by atoms with E-state index in [0.717, 1.165) is 55.8 Å². The number of hydrogen-bond donors (Lipinski definition) is 10. The molecule has 11 aromatic rings. The molecule has 11 N–H and O–H groups in total. The van der Waals surface area contributed by atoms with Gasteiger partial charge in [0, 0.05) is 57.5 Å². The number of carboxylic acids is 4. The number of aryl methyl sites for hydroxylation is 6. The summed E-state index contributed by atoms with van der Waals surface area (Å²) in [6, 6.07) is 48.4. The van der Waals surface area contributed by atoms with E-state index >= 15 is 0 Å². The number of rotatable bonds is 19. The number of aromatic carboxylic acids is 4. The summed E-state index contributed by atoms with van der Waals surface area (Å²) < 4.78 is 5.91. The molecule has 0 bridgehead atoms. The molecule has 620 valence electrons. The minimum Gasteiger partial charge on any atom is -0.478 e. The predicted octanol–water partition coefficient (Wildman–Crippen LogP) is 18.0. The zero-order valence-electron chi connectivity index (χ0n) is 65.4. The Balaban J connectivity index is 0.000000358. The summed E-state index contributed by atoms with van der Waals surface area (Å²) in [4.78, 5) is 112. The van der Waals surface area contributed by atoms with E-state index in [1.807, 2.05) is 103 Å². The zero-order valence-corrected chi connectivity index (χ0v) is 71.9. The molecule has 0 aliphatic rings. The monoisotopic (exact) mass is 1810 g/mol. The number of hydrogen-bond acceptors (Lipinski definition) is 23. The molecule has 1 amide bonds. The Labute approximate surface area is 721 Å². The number of esters is 1. The van der Waals surface area contributed by atoms with Gasteiger partial charge in [-0.15, -0.1) is 0 Å². The van der Waals surface area contributed by atoms with Crippen molar-refractivity contribution in [2.75, 3.05) is 22.5 Å². The maximum Gasteiger partial charge on any atom is 0.488 e. The van der Waals surface area contributed by atoms with Crippen molar-refractivity contribution in [2.45, 2.75) is 111 Å². The van der Waals surface area contributed by atoms with E-state index in [4.69, 9.17) is 58.3 Å². The van der Waals surface area contributed by atoms with Gasteiger partial charge in [-0.25, -0.2) is 39.1 Å². The second-order valence-corrected chi connectivity index (χ2v) is 30.4. The Bertz CT molecular complexity index is 5100. The summed E-state index contributed by atoms with van der Waals surface area (Å²) in [5, 5.41) is 66.9. The number of thioether (sulfide) groups is 2. The summed E-state index contributed by atoms with van der Waals surface area (Å²) in [6.07, 6.45) is 9.61. The highest BCUT2D eigenvalue weighted by molar-refractivity contribution is 9.10. The van der Waals surface area contributed by atoms with Gasteiger partial charge in [0.05, 0.1) is 82.2 Å². The smallest absolute Gasteiger partial charge is 0.478 e. The number of benzene rings is 8. The largest absolute Gasteiger partial charge is 0.488 e. The number of alkyl halides is 1. The lowest BCUT2D eigenvalue weighted by atomic mass is 9.79. The third-order valence-electron chi connectivity index (χ3n) is 15.7.